The van der Waals surface area contributed by atoms with Crippen LogP contribution in [0.4, 0.5) is 0 Å². The summed E-state index contributed by atoms with van der Waals surface area (Å²) in [7, 11) is 0. The van der Waals surface area contributed by atoms with Crippen molar-refractivity contribution in [2.24, 2.45) is 5.41 Å². The Labute approximate surface area is 138 Å². The lowest BCUT2D eigenvalue weighted by molar-refractivity contribution is 0.403. The van der Waals surface area contributed by atoms with E-state index in [-0.39, 0.29) is 16.5 Å². The molecule has 1 saturated carbocycles. The van der Waals surface area contributed by atoms with Crippen LogP contribution in [0.2, 0.25) is 0 Å². The number of nitrogens with zero attached hydrogens (tertiary/aromatic N) is 1. The maximum atomic E-state index is 12.1. The number of rotatable bonds is 4. The number of aromatic nitrogens is 2. The summed E-state index contributed by atoms with van der Waals surface area (Å²) in [6.45, 7) is 5.09. The Balaban J connectivity index is 1.63. The second-order valence-electron chi connectivity index (χ2n) is 6.83. The molecule has 4 rings (SSSR count). The molecular weight excluding hydrogens is 306 g/mol. The third kappa shape index (κ3) is 2.31. The maximum absolute atomic E-state index is 12.1. The topological polar surface area (TPSA) is 57.8 Å². The first-order chi connectivity index (χ1) is 11.0. The molecule has 1 fully saturated rings. The van der Waals surface area contributed by atoms with Gasteiger partial charge in [0.1, 0.15) is 10.5 Å². The molecule has 0 spiro atoms. The predicted molar refractivity (Wildman–Crippen MR) is 93.6 cm³/mol. The molecule has 0 radical (unpaired) electrons. The van der Waals surface area contributed by atoms with E-state index in [4.69, 9.17) is 0 Å². The van der Waals surface area contributed by atoms with Gasteiger partial charge in [-0.3, -0.25) is 10.1 Å². The normalized spacial score (nSPS) is 22.3. The van der Waals surface area contributed by atoms with Crippen LogP contribution in [0.3, 0.4) is 0 Å². The zero-order valence-electron chi connectivity index (χ0n) is 13.2. The lowest BCUT2D eigenvalue weighted by Crippen LogP contribution is -2.34. The number of benzene rings is 1. The van der Waals surface area contributed by atoms with Crippen LogP contribution in [-0.2, 0) is 12.1 Å². The maximum Gasteiger partial charge on any atom is 0.268 e. The highest BCUT2D eigenvalue weighted by molar-refractivity contribution is 7.17. The van der Waals surface area contributed by atoms with Crippen molar-refractivity contribution in [3.63, 3.8) is 0 Å². The number of H-pyrrole nitrogens is 1. The third-order valence-corrected chi connectivity index (χ3v) is 5.83. The van der Waals surface area contributed by atoms with Gasteiger partial charge in [-0.2, -0.15) is 0 Å². The van der Waals surface area contributed by atoms with Crippen LogP contribution in [0.1, 0.15) is 31.7 Å². The molecule has 4 nitrogen and oxygen atoms in total. The molecule has 0 bridgehead atoms. The lowest BCUT2D eigenvalue weighted by Gasteiger charge is -2.23. The molecule has 1 unspecified atom stereocenters. The number of aromatic amines is 1. The van der Waals surface area contributed by atoms with Gasteiger partial charge in [0.2, 0.25) is 0 Å². The monoisotopic (exact) mass is 325 g/mol. The molecule has 1 atom stereocenters. The van der Waals surface area contributed by atoms with Gasteiger partial charge in [0.25, 0.3) is 5.56 Å². The molecule has 0 aliphatic heterocycles. The summed E-state index contributed by atoms with van der Waals surface area (Å²) in [6.07, 6.45) is 1.08. The number of fused-ring (bicyclic) bond motifs is 1. The van der Waals surface area contributed by atoms with E-state index in [1.54, 1.807) is 0 Å². The van der Waals surface area contributed by atoms with E-state index in [1.807, 2.05) is 17.5 Å². The molecular formula is C18H19N3OS. The van der Waals surface area contributed by atoms with Crippen LogP contribution < -0.4 is 10.9 Å². The van der Waals surface area contributed by atoms with Gasteiger partial charge in [-0.05, 0) is 28.8 Å². The molecule has 0 saturated heterocycles. The van der Waals surface area contributed by atoms with Gasteiger partial charge in [0.15, 0.2) is 0 Å². The van der Waals surface area contributed by atoms with Crippen LogP contribution >= 0.6 is 11.3 Å². The van der Waals surface area contributed by atoms with Crippen molar-refractivity contribution in [3.05, 3.63) is 63.5 Å². The second-order valence-corrected chi connectivity index (χ2v) is 7.75. The highest BCUT2D eigenvalue weighted by atomic mass is 32.1. The first kappa shape index (κ1) is 14.6. The van der Waals surface area contributed by atoms with Crippen molar-refractivity contribution in [3.8, 4) is 0 Å². The van der Waals surface area contributed by atoms with Crippen LogP contribution in [0, 0.1) is 5.41 Å². The Morgan fingerprint density at radius 2 is 2.00 bits per heavy atom. The molecule has 5 heteroatoms. The first-order valence-electron chi connectivity index (χ1n) is 7.79. The summed E-state index contributed by atoms with van der Waals surface area (Å²) in [5, 5.41) is 5.55. The van der Waals surface area contributed by atoms with Crippen molar-refractivity contribution in [2.45, 2.75) is 32.4 Å². The summed E-state index contributed by atoms with van der Waals surface area (Å²) in [6, 6.07) is 12.4. The fraction of sp³-hybridized carbons (Fsp3) is 0.333. The minimum absolute atomic E-state index is 0.0452. The zero-order chi connectivity index (χ0) is 16.1. The van der Waals surface area contributed by atoms with E-state index in [0.717, 1.165) is 11.9 Å². The summed E-state index contributed by atoms with van der Waals surface area (Å²) in [5.74, 6) is 0.693. The number of nitrogens with one attached hydrogen (secondary N) is 2. The number of hydrogen-bond donors (Lipinski definition) is 2. The standard InChI is InChI=1S/C18H19N3OS/c1-17(2)11-18(17,12-6-4-3-5-7-12)19-10-14-20-13-8-9-23-15(13)16(22)21-14/h3-9,19H,10-11H2,1-2H3,(H,20,21,22). The summed E-state index contributed by atoms with van der Waals surface area (Å²) >= 11 is 1.43. The highest BCUT2D eigenvalue weighted by Crippen LogP contribution is 2.62. The van der Waals surface area contributed by atoms with E-state index < -0.39 is 0 Å². The zero-order valence-corrected chi connectivity index (χ0v) is 14.0. The van der Waals surface area contributed by atoms with Crippen molar-refractivity contribution in [1.29, 1.82) is 0 Å². The first-order valence-corrected chi connectivity index (χ1v) is 8.67. The van der Waals surface area contributed by atoms with Gasteiger partial charge >= 0.3 is 0 Å². The Bertz CT molecular complexity index is 913. The summed E-state index contributed by atoms with van der Waals surface area (Å²) < 4.78 is 0.693. The quantitative estimate of drug-likeness (QED) is 0.773. The van der Waals surface area contributed by atoms with Gasteiger partial charge in [0, 0.05) is 5.54 Å². The minimum atomic E-state index is -0.0504. The number of thiophene rings is 1. The van der Waals surface area contributed by atoms with Gasteiger partial charge < -0.3 is 4.98 Å². The van der Waals surface area contributed by atoms with E-state index >= 15 is 0 Å². The van der Waals surface area contributed by atoms with E-state index in [2.05, 4.69) is 53.4 Å². The van der Waals surface area contributed by atoms with Gasteiger partial charge in [0.05, 0.1) is 12.1 Å². The number of hydrogen-bond acceptors (Lipinski definition) is 4. The van der Waals surface area contributed by atoms with Crippen LogP contribution in [0.25, 0.3) is 10.2 Å². The second kappa shape index (κ2) is 5.01. The average Bonchev–Trinajstić information content (AvgIpc) is 2.88. The molecule has 1 aliphatic carbocycles. The van der Waals surface area contributed by atoms with Crippen molar-refractivity contribution in [1.82, 2.24) is 15.3 Å². The molecule has 1 aromatic carbocycles. The third-order valence-electron chi connectivity index (χ3n) is 4.93. The molecule has 2 heterocycles. The molecule has 2 N–H and O–H groups in total. The Morgan fingerprint density at radius 1 is 1.26 bits per heavy atom. The van der Waals surface area contributed by atoms with Crippen molar-refractivity contribution < 1.29 is 0 Å². The fourth-order valence-electron chi connectivity index (χ4n) is 3.48. The van der Waals surface area contributed by atoms with Crippen LogP contribution in [0.15, 0.2) is 46.6 Å². The average molecular weight is 325 g/mol. The van der Waals surface area contributed by atoms with Crippen LogP contribution in [-0.4, -0.2) is 9.97 Å². The molecule has 2 aromatic heterocycles. The lowest BCUT2D eigenvalue weighted by atomic mass is 9.96. The van der Waals surface area contributed by atoms with Gasteiger partial charge in [-0.25, -0.2) is 4.98 Å². The van der Waals surface area contributed by atoms with E-state index in [1.165, 1.54) is 16.9 Å². The molecule has 118 valence electrons. The predicted octanol–water partition coefficient (Wildman–Crippen LogP) is 3.40. The largest absolute Gasteiger partial charge is 0.308 e. The van der Waals surface area contributed by atoms with Gasteiger partial charge in [-0.15, -0.1) is 11.3 Å². The molecule has 3 aromatic rings. The van der Waals surface area contributed by atoms with Crippen LogP contribution in [0.5, 0.6) is 0 Å². The Morgan fingerprint density at radius 3 is 2.70 bits per heavy atom. The van der Waals surface area contributed by atoms with Crippen molar-refractivity contribution >= 4 is 21.6 Å². The van der Waals surface area contributed by atoms with Crippen molar-refractivity contribution in [2.75, 3.05) is 0 Å². The molecule has 1 aliphatic rings. The smallest absolute Gasteiger partial charge is 0.268 e. The fourth-order valence-corrected chi connectivity index (χ4v) is 4.20. The Kier molecular flexibility index (Phi) is 3.18. The minimum Gasteiger partial charge on any atom is -0.308 e. The molecule has 0 amide bonds. The van der Waals surface area contributed by atoms with Gasteiger partial charge in [-0.1, -0.05) is 44.2 Å². The Hall–Kier alpha value is -1.98. The van der Waals surface area contributed by atoms with E-state index in [9.17, 15) is 4.79 Å². The summed E-state index contributed by atoms with van der Waals surface area (Å²) in [5.41, 5.74) is 2.17. The SMILES string of the molecule is CC1(C)CC1(NCc1nc2ccsc2c(=O)[nH]1)c1ccccc1. The summed E-state index contributed by atoms with van der Waals surface area (Å²) in [4.78, 5) is 19.5. The highest BCUT2D eigenvalue weighted by Gasteiger charge is 2.61. The van der Waals surface area contributed by atoms with E-state index in [0.29, 0.717) is 17.1 Å². The molecule has 23 heavy (non-hydrogen) atoms.